The van der Waals surface area contributed by atoms with E-state index < -0.39 is 12.0 Å². The third-order valence-electron chi connectivity index (χ3n) is 3.58. The van der Waals surface area contributed by atoms with Crippen LogP contribution in [0.25, 0.3) is 0 Å². The highest BCUT2D eigenvalue weighted by molar-refractivity contribution is 6.31. The maximum Gasteiger partial charge on any atom is 0.330 e. The molecule has 1 fully saturated rings. The van der Waals surface area contributed by atoms with E-state index in [1.54, 1.807) is 24.3 Å². The van der Waals surface area contributed by atoms with Crippen LogP contribution in [0.4, 0.5) is 0 Å². The van der Waals surface area contributed by atoms with Gasteiger partial charge in [0, 0.05) is 16.5 Å². The number of benzene rings is 1. The van der Waals surface area contributed by atoms with Gasteiger partial charge in [0.15, 0.2) is 6.04 Å². The summed E-state index contributed by atoms with van der Waals surface area (Å²) in [4.78, 5) is 23.3. The summed E-state index contributed by atoms with van der Waals surface area (Å²) in [5.41, 5.74) is 0.372. The van der Waals surface area contributed by atoms with Gasteiger partial charge >= 0.3 is 5.97 Å². The molecule has 1 amide bonds. The molecule has 19 heavy (non-hydrogen) atoms. The lowest BCUT2D eigenvalue weighted by molar-refractivity contribution is -0.142. The average Bonchev–Trinajstić information content (AvgIpc) is 2.96. The highest BCUT2D eigenvalue weighted by Crippen LogP contribution is 2.51. The first kappa shape index (κ1) is 13.9. The van der Waals surface area contributed by atoms with Crippen LogP contribution in [0.3, 0.4) is 0 Å². The molecule has 5 heteroatoms. The number of amides is 1. The SMILES string of the molecule is CC1(C)CC1C(=O)N[C@@H](C(=O)O)c1ccccc1Cl. The molecule has 102 valence electrons. The normalized spacial score (nSPS) is 21.5. The fraction of sp³-hybridized carbons (Fsp3) is 0.429. The standard InChI is InChI=1S/C14H16ClNO3/c1-14(2)7-9(14)12(17)16-11(13(18)19)8-5-3-4-6-10(8)15/h3-6,9,11H,7H2,1-2H3,(H,16,17)(H,18,19)/t9?,11-/m1/s1. The Hall–Kier alpha value is -1.55. The highest BCUT2D eigenvalue weighted by atomic mass is 35.5. The Morgan fingerprint density at radius 2 is 2.00 bits per heavy atom. The smallest absolute Gasteiger partial charge is 0.330 e. The number of carbonyl (C=O) groups excluding carboxylic acids is 1. The zero-order valence-electron chi connectivity index (χ0n) is 10.8. The van der Waals surface area contributed by atoms with E-state index >= 15 is 0 Å². The maximum absolute atomic E-state index is 12.0. The van der Waals surface area contributed by atoms with Gasteiger partial charge in [0.2, 0.25) is 5.91 Å². The quantitative estimate of drug-likeness (QED) is 0.891. The first-order valence-electron chi connectivity index (χ1n) is 6.10. The van der Waals surface area contributed by atoms with Crippen LogP contribution in [0.1, 0.15) is 31.9 Å². The molecule has 0 aliphatic heterocycles. The number of aliphatic carboxylic acids is 1. The van der Waals surface area contributed by atoms with Crippen molar-refractivity contribution in [2.45, 2.75) is 26.3 Å². The highest BCUT2D eigenvalue weighted by Gasteiger charge is 2.51. The van der Waals surface area contributed by atoms with Crippen molar-refractivity contribution in [2.75, 3.05) is 0 Å². The number of carboxylic acid groups (broad SMARTS) is 1. The molecule has 1 unspecified atom stereocenters. The number of rotatable bonds is 4. The van der Waals surface area contributed by atoms with Crippen LogP contribution < -0.4 is 5.32 Å². The van der Waals surface area contributed by atoms with Crippen LogP contribution in [0.5, 0.6) is 0 Å². The molecular formula is C14H16ClNO3. The summed E-state index contributed by atoms with van der Waals surface area (Å²) in [6.45, 7) is 3.98. The van der Waals surface area contributed by atoms with Crippen molar-refractivity contribution in [3.05, 3.63) is 34.9 Å². The fourth-order valence-corrected chi connectivity index (χ4v) is 2.38. The predicted molar refractivity (Wildman–Crippen MR) is 71.9 cm³/mol. The minimum Gasteiger partial charge on any atom is -0.479 e. The summed E-state index contributed by atoms with van der Waals surface area (Å²) >= 11 is 5.98. The summed E-state index contributed by atoms with van der Waals surface area (Å²) < 4.78 is 0. The van der Waals surface area contributed by atoms with E-state index in [4.69, 9.17) is 11.6 Å². The summed E-state index contributed by atoms with van der Waals surface area (Å²) in [7, 11) is 0. The Morgan fingerprint density at radius 1 is 1.42 bits per heavy atom. The Bertz CT molecular complexity index is 527. The molecule has 0 spiro atoms. The van der Waals surface area contributed by atoms with Gasteiger partial charge in [0.25, 0.3) is 0 Å². The van der Waals surface area contributed by atoms with Gasteiger partial charge in [-0.1, -0.05) is 43.6 Å². The predicted octanol–water partition coefficient (Wildman–Crippen LogP) is 2.63. The second-order valence-electron chi connectivity index (χ2n) is 5.55. The molecule has 2 atom stereocenters. The fourth-order valence-electron chi connectivity index (χ4n) is 2.14. The molecule has 0 aromatic heterocycles. The van der Waals surface area contributed by atoms with E-state index in [-0.39, 0.29) is 17.2 Å². The van der Waals surface area contributed by atoms with Crippen molar-refractivity contribution in [3.8, 4) is 0 Å². The summed E-state index contributed by atoms with van der Waals surface area (Å²) in [6, 6.07) is 5.54. The van der Waals surface area contributed by atoms with E-state index in [9.17, 15) is 14.7 Å². The number of carbonyl (C=O) groups is 2. The van der Waals surface area contributed by atoms with Crippen molar-refractivity contribution < 1.29 is 14.7 Å². The number of halogens is 1. The zero-order chi connectivity index (χ0) is 14.2. The largest absolute Gasteiger partial charge is 0.479 e. The minimum atomic E-state index is -1.11. The molecule has 1 saturated carbocycles. The van der Waals surface area contributed by atoms with E-state index in [2.05, 4.69) is 5.32 Å². The second-order valence-corrected chi connectivity index (χ2v) is 5.95. The Kier molecular flexibility index (Phi) is 3.54. The van der Waals surface area contributed by atoms with Gasteiger partial charge in [0.05, 0.1) is 0 Å². The average molecular weight is 282 g/mol. The van der Waals surface area contributed by atoms with Crippen molar-refractivity contribution in [3.63, 3.8) is 0 Å². The van der Waals surface area contributed by atoms with E-state index in [0.29, 0.717) is 10.6 Å². The maximum atomic E-state index is 12.0. The zero-order valence-corrected chi connectivity index (χ0v) is 11.6. The molecule has 1 aromatic rings. The van der Waals surface area contributed by atoms with Crippen molar-refractivity contribution in [1.29, 1.82) is 0 Å². The topological polar surface area (TPSA) is 66.4 Å². The number of hydrogen-bond donors (Lipinski definition) is 2. The third kappa shape index (κ3) is 2.89. The van der Waals surface area contributed by atoms with Crippen LogP contribution in [0.2, 0.25) is 5.02 Å². The second kappa shape index (κ2) is 4.85. The van der Waals surface area contributed by atoms with Crippen molar-refractivity contribution in [2.24, 2.45) is 11.3 Å². The third-order valence-corrected chi connectivity index (χ3v) is 3.92. The molecule has 0 radical (unpaired) electrons. The Labute approximate surface area is 116 Å². The van der Waals surface area contributed by atoms with E-state index in [1.165, 1.54) is 0 Å². The lowest BCUT2D eigenvalue weighted by atomic mass is 10.1. The van der Waals surface area contributed by atoms with Crippen LogP contribution in [-0.4, -0.2) is 17.0 Å². The van der Waals surface area contributed by atoms with Crippen molar-refractivity contribution in [1.82, 2.24) is 5.32 Å². The number of hydrogen-bond acceptors (Lipinski definition) is 2. The first-order valence-corrected chi connectivity index (χ1v) is 6.48. The van der Waals surface area contributed by atoms with E-state index in [1.807, 2.05) is 13.8 Å². The van der Waals surface area contributed by atoms with E-state index in [0.717, 1.165) is 6.42 Å². The minimum absolute atomic E-state index is 0.0341. The molecule has 1 aliphatic rings. The Morgan fingerprint density at radius 3 is 2.47 bits per heavy atom. The van der Waals surface area contributed by atoms with Crippen molar-refractivity contribution >= 4 is 23.5 Å². The van der Waals surface area contributed by atoms with Crippen LogP contribution in [0.15, 0.2) is 24.3 Å². The van der Waals surface area contributed by atoms with Gasteiger partial charge in [-0.2, -0.15) is 0 Å². The first-order chi connectivity index (χ1) is 8.83. The molecule has 0 bridgehead atoms. The molecule has 0 heterocycles. The lowest BCUT2D eigenvalue weighted by Crippen LogP contribution is -2.35. The summed E-state index contributed by atoms with van der Waals surface area (Å²) in [6.07, 6.45) is 0.785. The van der Waals surface area contributed by atoms with Gasteiger partial charge in [-0.05, 0) is 17.9 Å². The van der Waals surface area contributed by atoms with Crippen LogP contribution in [0, 0.1) is 11.3 Å². The van der Waals surface area contributed by atoms with Crippen LogP contribution >= 0.6 is 11.6 Å². The van der Waals surface area contributed by atoms with Gasteiger partial charge in [-0.25, -0.2) is 4.79 Å². The molecule has 1 aromatic carbocycles. The molecule has 2 N–H and O–H groups in total. The molecular weight excluding hydrogens is 266 g/mol. The summed E-state index contributed by atoms with van der Waals surface area (Å²) in [5, 5.41) is 12.2. The summed E-state index contributed by atoms with van der Waals surface area (Å²) in [5.74, 6) is -1.45. The molecule has 0 saturated heterocycles. The number of carboxylic acids is 1. The molecule has 2 rings (SSSR count). The van der Waals surface area contributed by atoms with Gasteiger partial charge in [-0.15, -0.1) is 0 Å². The monoisotopic (exact) mass is 281 g/mol. The van der Waals surface area contributed by atoms with Gasteiger partial charge in [-0.3, -0.25) is 4.79 Å². The van der Waals surface area contributed by atoms with Crippen LogP contribution in [-0.2, 0) is 9.59 Å². The molecule has 4 nitrogen and oxygen atoms in total. The van der Waals surface area contributed by atoms with Gasteiger partial charge in [0.1, 0.15) is 0 Å². The Balaban J connectivity index is 2.16. The lowest BCUT2D eigenvalue weighted by Gasteiger charge is -2.16. The van der Waals surface area contributed by atoms with Gasteiger partial charge < -0.3 is 10.4 Å². The molecule has 1 aliphatic carbocycles. The number of nitrogens with one attached hydrogen (secondary N) is 1.